The van der Waals surface area contributed by atoms with Crippen molar-refractivity contribution in [2.75, 3.05) is 0 Å². The van der Waals surface area contributed by atoms with Crippen molar-refractivity contribution in [1.82, 2.24) is 0 Å². The van der Waals surface area contributed by atoms with Crippen LogP contribution >= 0.6 is 0 Å². The predicted octanol–water partition coefficient (Wildman–Crippen LogP) is -0.963. The van der Waals surface area contributed by atoms with Gasteiger partial charge in [-0.05, 0) is 0 Å². The van der Waals surface area contributed by atoms with Gasteiger partial charge in [-0.25, -0.2) is 0 Å². The molecule has 6 heavy (non-hydrogen) atoms. The maximum atomic E-state index is 9.14. The average molecular weight is 95.1 g/mol. The van der Waals surface area contributed by atoms with E-state index in [1.807, 2.05) is 0 Å². The summed E-state index contributed by atoms with van der Waals surface area (Å²) in [7, 11) is 0. The van der Waals surface area contributed by atoms with Crippen LogP contribution in [-0.2, 0) is 9.59 Å². The maximum absolute atomic E-state index is 9.14. The summed E-state index contributed by atoms with van der Waals surface area (Å²) in [4.78, 5) is 18.2. The topological polar surface area (TPSA) is 34.1 Å². The van der Waals surface area contributed by atoms with Gasteiger partial charge < -0.3 is 4.79 Å². The molecular weight excluding hydrogens is 91.0 g/mol. The second-order valence-corrected chi connectivity index (χ2v) is 0.515. The third-order valence-electron chi connectivity index (χ3n) is 0.167. The van der Waals surface area contributed by atoms with Crippen LogP contribution in [0.25, 0.3) is 0 Å². The number of hydrogen-bond acceptors (Lipinski definition) is 2. The first-order valence-corrected chi connectivity index (χ1v) is 1.20. The van der Waals surface area contributed by atoms with Gasteiger partial charge in [0.15, 0.2) is 0 Å². The molecule has 0 heterocycles. The average Bonchev–Trinajstić information content (AvgIpc) is 1.41. The van der Waals surface area contributed by atoms with E-state index in [4.69, 9.17) is 9.59 Å². The van der Waals surface area contributed by atoms with E-state index in [1.54, 1.807) is 0 Å². The Balaban J connectivity index is 0. The van der Waals surface area contributed by atoms with Crippen molar-refractivity contribution in [3.05, 3.63) is 0 Å². The SMILES string of the molecule is O=[C]CC=O.[NaH]. The Hall–Kier alpha value is 0.340. The molecule has 0 aliphatic rings. The van der Waals surface area contributed by atoms with E-state index in [9.17, 15) is 0 Å². The van der Waals surface area contributed by atoms with E-state index in [0.29, 0.717) is 6.29 Å². The molecule has 3 heteroatoms. The van der Waals surface area contributed by atoms with E-state index < -0.39 is 0 Å². The van der Waals surface area contributed by atoms with Crippen molar-refractivity contribution in [3.8, 4) is 0 Å². The van der Waals surface area contributed by atoms with E-state index in [2.05, 4.69) is 0 Å². The van der Waals surface area contributed by atoms with Crippen molar-refractivity contribution in [2.24, 2.45) is 0 Å². The molecule has 0 N–H and O–H groups in total. The Labute approximate surface area is 58.2 Å². The third kappa shape index (κ3) is 8.84. The van der Waals surface area contributed by atoms with Crippen LogP contribution in [0.3, 0.4) is 0 Å². The van der Waals surface area contributed by atoms with Gasteiger partial charge in [-0.3, -0.25) is 4.79 Å². The minimum atomic E-state index is -0.0972. The molecular formula is C3H4NaO2. The fourth-order valence-corrected chi connectivity index (χ4v) is 0.0340. The molecule has 0 bridgehead atoms. The number of aldehydes is 1. The monoisotopic (exact) mass is 95.0 g/mol. The number of carbonyl (C=O) groups excluding carboxylic acids is 2. The number of hydrogen-bond donors (Lipinski definition) is 0. The molecule has 0 aliphatic carbocycles. The molecule has 0 amide bonds. The second kappa shape index (κ2) is 9.02. The summed E-state index contributed by atoms with van der Waals surface area (Å²) in [5.74, 6) is 0. The van der Waals surface area contributed by atoms with Crippen molar-refractivity contribution in [1.29, 1.82) is 0 Å². The molecule has 0 fully saturated rings. The van der Waals surface area contributed by atoms with Crippen LogP contribution in [0.2, 0.25) is 0 Å². The van der Waals surface area contributed by atoms with Crippen LogP contribution in [0.4, 0.5) is 0 Å². The van der Waals surface area contributed by atoms with Crippen LogP contribution in [0.15, 0.2) is 0 Å². The van der Waals surface area contributed by atoms with Gasteiger partial charge in [-0.15, -0.1) is 0 Å². The first kappa shape index (κ1) is 9.60. The van der Waals surface area contributed by atoms with Crippen molar-refractivity contribution >= 4 is 42.1 Å². The Morgan fingerprint density at radius 1 is 1.67 bits per heavy atom. The zero-order valence-corrected chi connectivity index (χ0v) is 2.60. The molecule has 0 aromatic rings. The van der Waals surface area contributed by atoms with Crippen molar-refractivity contribution in [2.45, 2.75) is 6.42 Å². The Morgan fingerprint density at radius 2 is 2.17 bits per heavy atom. The van der Waals surface area contributed by atoms with Gasteiger partial charge >= 0.3 is 29.6 Å². The fourth-order valence-electron chi connectivity index (χ4n) is 0.0340. The van der Waals surface area contributed by atoms with Gasteiger partial charge in [0, 0.05) is 0 Å². The zero-order chi connectivity index (χ0) is 4.12. The van der Waals surface area contributed by atoms with Gasteiger partial charge in [0.25, 0.3) is 0 Å². The molecule has 0 spiro atoms. The minimum absolute atomic E-state index is 0. The zero-order valence-electron chi connectivity index (χ0n) is 2.60. The number of carbonyl (C=O) groups is 1. The Bertz CT molecular complexity index is 38.1. The molecule has 1 radical (unpaired) electrons. The van der Waals surface area contributed by atoms with E-state index in [1.165, 1.54) is 6.29 Å². The first-order chi connectivity index (χ1) is 2.41. The summed E-state index contributed by atoms with van der Waals surface area (Å²) in [5.41, 5.74) is 0. The fraction of sp³-hybridized carbons (Fsp3) is 0.333. The van der Waals surface area contributed by atoms with Gasteiger partial charge in [-0.1, -0.05) is 0 Å². The van der Waals surface area contributed by atoms with Gasteiger partial charge in [0.1, 0.15) is 6.29 Å². The van der Waals surface area contributed by atoms with Crippen LogP contribution in [-0.4, -0.2) is 42.1 Å². The van der Waals surface area contributed by atoms with Gasteiger partial charge in [0.2, 0.25) is 6.29 Å². The molecule has 0 aliphatic heterocycles. The van der Waals surface area contributed by atoms with Crippen LogP contribution in [0.1, 0.15) is 6.42 Å². The van der Waals surface area contributed by atoms with Crippen LogP contribution in [0, 0.1) is 0 Å². The number of rotatable bonds is 2. The molecule has 0 aromatic carbocycles. The second-order valence-electron chi connectivity index (χ2n) is 0.515. The first-order valence-electron chi connectivity index (χ1n) is 1.20. The van der Waals surface area contributed by atoms with Crippen LogP contribution in [0.5, 0.6) is 0 Å². The van der Waals surface area contributed by atoms with E-state index in [0.717, 1.165) is 0 Å². The molecule has 0 saturated heterocycles. The standard InChI is InChI=1S/C3H3O2.Na.H/c4-2-1-3-5;;/h2H,1H2;;. The van der Waals surface area contributed by atoms with E-state index in [-0.39, 0.29) is 36.0 Å². The molecule has 2 nitrogen and oxygen atoms in total. The van der Waals surface area contributed by atoms with Gasteiger partial charge in [-0.2, -0.15) is 0 Å². The third-order valence-corrected chi connectivity index (χ3v) is 0.167. The molecule has 0 aromatic heterocycles. The van der Waals surface area contributed by atoms with Gasteiger partial charge in [0.05, 0.1) is 6.42 Å². The molecule has 0 saturated carbocycles. The Morgan fingerprint density at radius 3 is 2.17 bits per heavy atom. The molecule has 0 rings (SSSR count). The van der Waals surface area contributed by atoms with E-state index >= 15 is 0 Å². The normalized spacial score (nSPS) is 5.33. The summed E-state index contributed by atoms with van der Waals surface area (Å²) in [6.45, 7) is 0. The van der Waals surface area contributed by atoms with Crippen molar-refractivity contribution < 1.29 is 9.59 Å². The summed E-state index contributed by atoms with van der Waals surface area (Å²) in [6.07, 6.45) is 1.81. The summed E-state index contributed by atoms with van der Waals surface area (Å²) in [6, 6.07) is 0. The molecule has 0 atom stereocenters. The summed E-state index contributed by atoms with van der Waals surface area (Å²) >= 11 is 0. The predicted molar refractivity (Wildman–Crippen MR) is 23.5 cm³/mol. The summed E-state index contributed by atoms with van der Waals surface area (Å²) < 4.78 is 0. The summed E-state index contributed by atoms with van der Waals surface area (Å²) in [5, 5.41) is 0. The molecule has 29 valence electrons. The molecule has 0 unspecified atom stereocenters. The van der Waals surface area contributed by atoms with Crippen LogP contribution < -0.4 is 0 Å². The quantitative estimate of drug-likeness (QED) is 0.251. The Kier molecular flexibility index (Phi) is 14.4. The van der Waals surface area contributed by atoms with Crippen molar-refractivity contribution in [3.63, 3.8) is 0 Å².